The van der Waals surface area contributed by atoms with Gasteiger partial charge in [0.15, 0.2) is 0 Å². The van der Waals surface area contributed by atoms with E-state index in [4.69, 9.17) is 4.74 Å². The zero-order valence-electron chi connectivity index (χ0n) is 10.9. The summed E-state index contributed by atoms with van der Waals surface area (Å²) in [5.41, 5.74) is 0. The van der Waals surface area contributed by atoms with Crippen molar-refractivity contribution in [2.75, 3.05) is 37.0 Å². The third kappa shape index (κ3) is 2.85. The Morgan fingerprint density at radius 3 is 2.47 bits per heavy atom. The predicted octanol–water partition coefficient (Wildman–Crippen LogP) is 1.16. The third-order valence-corrected chi connectivity index (χ3v) is 2.84. The van der Waals surface area contributed by atoms with Gasteiger partial charge in [-0.1, -0.05) is 0 Å². The van der Waals surface area contributed by atoms with E-state index in [-0.39, 0.29) is 12.2 Å². The van der Waals surface area contributed by atoms with E-state index in [2.05, 4.69) is 28.7 Å². The van der Waals surface area contributed by atoms with Crippen LogP contribution < -0.4 is 9.80 Å². The van der Waals surface area contributed by atoms with Crippen LogP contribution in [0, 0.1) is 0 Å². The Balaban J connectivity index is 2.18. The number of morpholine rings is 1. The summed E-state index contributed by atoms with van der Waals surface area (Å²) in [6.45, 7) is 5.95. The smallest absolute Gasteiger partial charge is 0.134 e. The van der Waals surface area contributed by atoms with E-state index in [9.17, 15) is 0 Å². The van der Waals surface area contributed by atoms with Gasteiger partial charge in [0.25, 0.3) is 0 Å². The monoisotopic (exact) mass is 236 g/mol. The molecular weight excluding hydrogens is 216 g/mol. The summed E-state index contributed by atoms with van der Waals surface area (Å²) in [6, 6.07) is 2.02. The van der Waals surface area contributed by atoms with E-state index in [1.54, 1.807) is 6.33 Å². The Kier molecular flexibility index (Phi) is 3.47. The first-order valence-corrected chi connectivity index (χ1v) is 5.96. The summed E-state index contributed by atoms with van der Waals surface area (Å²) in [4.78, 5) is 12.8. The van der Waals surface area contributed by atoms with E-state index in [1.807, 2.05) is 25.1 Å². The molecule has 0 aromatic carbocycles. The van der Waals surface area contributed by atoms with Gasteiger partial charge in [0.05, 0.1) is 12.2 Å². The predicted molar refractivity (Wildman–Crippen MR) is 68.6 cm³/mol. The molecule has 2 heterocycles. The molecule has 94 valence electrons. The van der Waals surface area contributed by atoms with Crippen LogP contribution in [0.5, 0.6) is 0 Å². The van der Waals surface area contributed by atoms with Gasteiger partial charge in [0.1, 0.15) is 18.0 Å². The maximum atomic E-state index is 5.72. The summed E-state index contributed by atoms with van der Waals surface area (Å²) >= 11 is 0. The van der Waals surface area contributed by atoms with Crippen LogP contribution in [-0.4, -0.2) is 49.4 Å². The lowest BCUT2D eigenvalue weighted by molar-refractivity contribution is -0.00546. The average Bonchev–Trinajstić information content (AvgIpc) is 2.28. The van der Waals surface area contributed by atoms with Crippen LogP contribution >= 0.6 is 0 Å². The molecule has 1 aromatic heterocycles. The quantitative estimate of drug-likeness (QED) is 0.770. The Hall–Kier alpha value is -1.36. The molecule has 2 atom stereocenters. The summed E-state index contributed by atoms with van der Waals surface area (Å²) in [6.07, 6.45) is 2.11. The summed E-state index contributed by atoms with van der Waals surface area (Å²) in [5, 5.41) is 0. The van der Waals surface area contributed by atoms with Crippen LogP contribution in [0.1, 0.15) is 13.8 Å². The SMILES string of the molecule is C[C@H]1CN(c2cc(N(C)C)ncn2)C[C@H](C)O1. The van der Waals surface area contributed by atoms with Crippen LogP contribution in [0.2, 0.25) is 0 Å². The zero-order chi connectivity index (χ0) is 12.4. The standard InChI is InChI=1S/C12H20N4O/c1-9-6-16(7-10(2)17-9)12-5-11(15(3)4)13-8-14-12/h5,8-10H,6-7H2,1-4H3/t9-,10-/m0/s1. The van der Waals surface area contributed by atoms with Crippen molar-refractivity contribution >= 4 is 11.6 Å². The molecule has 1 fully saturated rings. The molecule has 0 saturated carbocycles. The van der Waals surface area contributed by atoms with Crippen molar-refractivity contribution in [1.29, 1.82) is 0 Å². The molecule has 0 radical (unpaired) electrons. The van der Waals surface area contributed by atoms with Gasteiger partial charge in [0.2, 0.25) is 0 Å². The number of aromatic nitrogens is 2. The second-order valence-electron chi connectivity index (χ2n) is 4.79. The van der Waals surface area contributed by atoms with E-state index in [0.29, 0.717) is 0 Å². The molecule has 1 aromatic rings. The topological polar surface area (TPSA) is 41.5 Å². The second kappa shape index (κ2) is 4.87. The van der Waals surface area contributed by atoms with Crippen molar-refractivity contribution in [3.8, 4) is 0 Å². The summed E-state index contributed by atoms with van der Waals surface area (Å²) < 4.78 is 5.72. The van der Waals surface area contributed by atoms with Crippen molar-refractivity contribution in [1.82, 2.24) is 9.97 Å². The minimum Gasteiger partial charge on any atom is -0.372 e. The van der Waals surface area contributed by atoms with E-state index < -0.39 is 0 Å². The fourth-order valence-electron chi connectivity index (χ4n) is 2.12. The molecule has 1 saturated heterocycles. The van der Waals surface area contributed by atoms with Crippen molar-refractivity contribution in [2.45, 2.75) is 26.1 Å². The fraction of sp³-hybridized carbons (Fsp3) is 0.667. The molecule has 17 heavy (non-hydrogen) atoms. The van der Waals surface area contributed by atoms with Crippen molar-refractivity contribution in [2.24, 2.45) is 0 Å². The van der Waals surface area contributed by atoms with E-state index in [0.717, 1.165) is 24.7 Å². The second-order valence-corrected chi connectivity index (χ2v) is 4.79. The van der Waals surface area contributed by atoms with Gasteiger partial charge in [0, 0.05) is 33.3 Å². The highest BCUT2D eigenvalue weighted by molar-refractivity contribution is 5.49. The molecule has 0 spiro atoms. The number of rotatable bonds is 2. The van der Waals surface area contributed by atoms with Crippen molar-refractivity contribution in [3.05, 3.63) is 12.4 Å². The highest BCUT2D eigenvalue weighted by atomic mass is 16.5. The molecule has 5 nitrogen and oxygen atoms in total. The Morgan fingerprint density at radius 1 is 1.24 bits per heavy atom. The van der Waals surface area contributed by atoms with Gasteiger partial charge in [-0.3, -0.25) is 0 Å². The van der Waals surface area contributed by atoms with Gasteiger partial charge < -0.3 is 14.5 Å². The number of ether oxygens (including phenoxy) is 1. The lowest BCUT2D eigenvalue weighted by Crippen LogP contribution is -2.45. The first kappa shape index (κ1) is 12.1. The van der Waals surface area contributed by atoms with Crippen LogP contribution in [0.25, 0.3) is 0 Å². The van der Waals surface area contributed by atoms with Crippen molar-refractivity contribution < 1.29 is 4.74 Å². The van der Waals surface area contributed by atoms with Gasteiger partial charge in [-0.25, -0.2) is 9.97 Å². The molecule has 2 rings (SSSR count). The van der Waals surface area contributed by atoms with Crippen LogP contribution in [-0.2, 0) is 4.74 Å². The van der Waals surface area contributed by atoms with Crippen LogP contribution in [0.4, 0.5) is 11.6 Å². The first-order valence-electron chi connectivity index (χ1n) is 5.96. The lowest BCUT2D eigenvalue weighted by Gasteiger charge is -2.36. The molecule has 5 heteroatoms. The largest absolute Gasteiger partial charge is 0.372 e. The Bertz CT molecular complexity index is 373. The van der Waals surface area contributed by atoms with E-state index in [1.165, 1.54) is 0 Å². The fourth-order valence-corrected chi connectivity index (χ4v) is 2.12. The Labute approximate surface area is 102 Å². The van der Waals surface area contributed by atoms with E-state index >= 15 is 0 Å². The van der Waals surface area contributed by atoms with Crippen LogP contribution in [0.3, 0.4) is 0 Å². The minimum absolute atomic E-state index is 0.247. The molecule has 0 unspecified atom stereocenters. The van der Waals surface area contributed by atoms with Gasteiger partial charge in [-0.15, -0.1) is 0 Å². The summed E-state index contributed by atoms with van der Waals surface area (Å²) in [7, 11) is 3.97. The first-order chi connectivity index (χ1) is 8.06. The molecule has 0 N–H and O–H groups in total. The Morgan fingerprint density at radius 2 is 1.88 bits per heavy atom. The number of hydrogen-bond acceptors (Lipinski definition) is 5. The number of nitrogens with zero attached hydrogens (tertiary/aromatic N) is 4. The van der Waals surface area contributed by atoms with Gasteiger partial charge in [-0.2, -0.15) is 0 Å². The normalized spacial score (nSPS) is 24.8. The molecule has 0 bridgehead atoms. The maximum absolute atomic E-state index is 5.72. The number of anilines is 2. The van der Waals surface area contributed by atoms with Crippen LogP contribution in [0.15, 0.2) is 12.4 Å². The van der Waals surface area contributed by atoms with Gasteiger partial charge in [-0.05, 0) is 13.8 Å². The number of hydrogen-bond donors (Lipinski definition) is 0. The summed E-state index contributed by atoms with van der Waals surface area (Å²) in [5.74, 6) is 1.91. The molecule has 1 aliphatic heterocycles. The highest BCUT2D eigenvalue weighted by Crippen LogP contribution is 2.20. The molecule has 0 aliphatic carbocycles. The zero-order valence-corrected chi connectivity index (χ0v) is 10.9. The average molecular weight is 236 g/mol. The van der Waals surface area contributed by atoms with Gasteiger partial charge >= 0.3 is 0 Å². The third-order valence-electron chi connectivity index (χ3n) is 2.84. The lowest BCUT2D eigenvalue weighted by atomic mass is 10.2. The molecule has 1 aliphatic rings. The van der Waals surface area contributed by atoms with Crippen molar-refractivity contribution in [3.63, 3.8) is 0 Å². The highest BCUT2D eigenvalue weighted by Gasteiger charge is 2.23. The molecule has 0 amide bonds. The molecular formula is C12H20N4O. The minimum atomic E-state index is 0.247. The maximum Gasteiger partial charge on any atom is 0.134 e.